The van der Waals surface area contributed by atoms with Crippen molar-refractivity contribution in [2.45, 2.75) is 6.42 Å². The molecule has 0 spiro atoms. The molecule has 0 atom stereocenters. The molecule has 0 amide bonds. The van der Waals surface area contributed by atoms with E-state index in [0.29, 0.717) is 34.0 Å². The lowest BCUT2D eigenvalue weighted by Gasteiger charge is -2.08. The topological polar surface area (TPSA) is 113 Å². The van der Waals surface area contributed by atoms with Crippen LogP contribution in [0, 0.1) is 22.7 Å². The Hall–Kier alpha value is -4.68. The Kier molecular flexibility index (Phi) is 5.29. The summed E-state index contributed by atoms with van der Waals surface area (Å²) in [4.78, 5) is 19.2. The fourth-order valence-corrected chi connectivity index (χ4v) is 3.34. The molecule has 0 aliphatic carbocycles. The molecule has 0 saturated heterocycles. The summed E-state index contributed by atoms with van der Waals surface area (Å²) in [6.45, 7) is 0. The molecule has 0 radical (unpaired) electrons. The van der Waals surface area contributed by atoms with E-state index in [2.05, 4.69) is 22.1 Å². The number of nitriles is 2. The smallest absolute Gasteiger partial charge is 0.258 e. The molecule has 0 saturated carbocycles. The first kappa shape index (κ1) is 19.6. The van der Waals surface area contributed by atoms with Crippen molar-refractivity contribution >= 4 is 22.7 Å². The standard InChI is InChI=1S/C25H16N4O2/c26-11-10-16-4-7-20(8-5-16)28-15-23-22-13-19(18-3-1-2-17(12-18)14-27)6-9-21(22)24(30)29-25(23)31/h1-9,12-13,15H,10H2,(H2,29,30,31). The number of nitrogens with one attached hydrogen (secondary N) is 1. The number of aromatic amines is 1. The summed E-state index contributed by atoms with van der Waals surface area (Å²) in [5, 5.41) is 29.3. The number of hydrogen-bond donors (Lipinski definition) is 2. The lowest BCUT2D eigenvalue weighted by Crippen LogP contribution is -2.08. The van der Waals surface area contributed by atoms with E-state index >= 15 is 0 Å². The summed E-state index contributed by atoms with van der Waals surface area (Å²) < 4.78 is 0. The summed E-state index contributed by atoms with van der Waals surface area (Å²) in [5.41, 5.74) is 3.70. The number of aromatic nitrogens is 1. The molecule has 0 bridgehead atoms. The van der Waals surface area contributed by atoms with Crippen molar-refractivity contribution in [2.75, 3.05) is 0 Å². The molecule has 2 N–H and O–H groups in total. The highest BCUT2D eigenvalue weighted by Gasteiger charge is 2.11. The van der Waals surface area contributed by atoms with E-state index in [1.807, 2.05) is 18.2 Å². The van der Waals surface area contributed by atoms with Crippen LogP contribution in [0.2, 0.25) is 0 Å². The molecule has 31 heavy (non-hydrogen) atoms. The third kappa shape index (κ3) is 4.05. The molecule has 6 nitrogen and oxygen atoms in total. The van der Waals surface area contributed by atoms with Gasteiger partial charge in [-0.15, -0.1) is 0 Å². The Morgan fingerprint density at radius 3 is 2.48 bits per heavy atom. The average molecular weight is 404 g/mol. The third-order valence-corrected chi connectivity index (χ3v) is 4.93. The first-order valence-electron chi connectivity index (χ1n) is 9.48. The number of fused-ring (bicyclic) bond motifs is 1. The summed E-state index contributed by atoms with van der Waals surface area (Å²) in [6, 6.07) is 23.9. The molecular weight excluding hydrogens is 388 g/mol. The zero-order valence-electron chi connectivity index (χ0n) is 16.3. The van der Waals surface area contributed by atoms with Crippen LogP contribution in [0.1, 0.15) is 16.7 Å². The lowest BCUT2D eigenvalue weighted by atomic mass is 9.98. The van der Waals surface area contributed by atoms with Crippen molar-refractivity contribution in [1.29, 1.82) is 10.5 Å². The van der Waals surface area contributed by atoms with E-state index in [0.717, 1.165) is 16.7 Å². The predicted molar refractivity (Wildman–Crippen MR) is 119 cm³/mol. The van der Waals surface area contributed by atoms with Gasteiger partial charge >= 0.3 is 0 Å². The second kappa shape index (κ2) is 8.36. The average Bonchev–Trinajstić information content (AvgIpc) is 2.80. The van der Waals surface area contributed by atoms with Gasteiger partial charge in [0.2, 0.25) is 5.88 Å². The molecule has 0 aliphatic rings. The predicted octanol–water partition coefficient (Wildman–Crippen LogP) is 4.59. The largest absolute Gasteiger partial charge is 0.494 e. The van der Waals surface area contributed by atoms with Crippen molar-refractivity contribution in [3.8, 4) is 29.1 Å². The first-order chi connectivity index (χ1) is 15.1. The monoisotopic (exact) mass is 404 g/mol. The highest BCUT2D eigenvalue weighted by Crippen LogP contribution is 2.28. The number of rotatable bonds is 4. The van der Waals surface area contributed by atoms with Crippen LogP contribution in [0.4, 0.5) is 5.69 Å². The Bertz CT molecular complexity index is 1450. The van der Waals surface area contributed by atoms with Crippen molar-refractivity contribution in [3.05, 3.63) is 93.8 Å². The maximum atomic E-state index is 12.3. The van der Waals surface area contributed by atoms with Gasteiger partial charge in [0.05, 0.1) is 35.4 Å². The van der Waals surface area contributed by atoms with Gasteiger partial charge in [-0.2, -0.15) is 10.5 Å². The van der Waals surface area contributed by atoms with Gasteiger partial charge in [0.25, 0.3) is 5.56 Å². The number of hydrogen-bond acceptors (Lipinski definition) is 5. The molecule has 0 unspecified atom stereocenters. The van der Waals surface area contributed by atoms with Gasteiger partial charge in [-0.25, -0.2) is 0 Å². The second-order valence-corrected chi connectivity index (χ2v) is 6.93. The van der Waals surface area contributed by atoms with E-state index in [1.54, 1.807) is 48.5 Å². The number of pyridine rings is 1. The Balaban J connectivity index is 1.81. The van der Waals surface area contributed by atoms with Crippen molar-refractivity contribution in [1.82, 2.24) is 4.98 Å². The minimum Gasteiger partial charge on any atom is -0.494 e. The van der Waals surface area contributed by atoms with Crippen LogP contribution >= 0.6 is 0 Å². The fraction of sp³-hybridized carbons (Fsp3) is 0.0400. The third-order valence-electron chi connectivity index (χ3n) is 4.93. The number of H-pyrrole nitrogens is 1. The summed E-state index contributed by atoms with van der Waals surface area (Å²) in [5.74, 6) is -0.273. The van der Waals surface area contributed by atoms with E-state index in [9.17, 15) is 9.90 Å². The van der Waals surface area contributed by atoms with Crippen LogP contribution in [-0.2, 0) is 6.42 Å². The Morgan fingerprint density at radius 2 is 1.74 bits per heavy atom. The van der Waals surface area contributed by atoms with E-state index < -0.39 is 5.56 Å². The minimum atomic E-state index is -0.400. The summed E-state index contributed by atoms with van der Waals surface area (Å²) in [6.07, 6.45) is 1.83. The highest BCUT2D eigenvalue weighted by molar-refractivity contribution is 6.03. The lowest BCUT2D eigenvalue weighted by molar-refractivity contribution is 0.452. The second-order valence-electron chi connectivity index (χ2n) is 6.93. The van der Waals surface area contributed by atoms with Gasteiger partial charge < -0.3 is 5.11 Å². The van der Waals surface area contributed by atoms with E-state index in [1.165, 1.54) is 6.21 Å². The van der Waals surface area contributed by atoms with Gasteiger partial charge in [-0.05, 0) is 53.1 Å². The normalized spacial score (nSPS) is 10.8. The van der Waals surface area contributed by atoms with Gasteiger partial charge in [0.1, 0.15) is 0 Å². The van der Waals surface area contributed by atoms with Crippen LogP contribution < -0.4 is 5.56 Å². The summed E-state index contributed by atoms with van der Waals surface area (Å²) in [7, 11) is 0. The van der Waals surface area contributed by atoms with Gasteiger partial charge in [-0.3, -0.25) is 14.8 Å². The van der Waals surface area contributed by atoms with Crippen LogP contribution in [-0.4, -0.2) is 16.3 Å². The van der Waals surface area contributed by atoms with E-state index in [4.69, 9.17) is 10.5 Å². The first-order valence-corrected chi connectivity index (χ1v) is 9.48. The van der Waals surface area contributed by atoms with E-state index in [-0.39, 0.29) is 5.88 Å². The molecule has 0 aliphatic heterocycles. The Labute approximate surface area is 178 Å². The van der Waals surface area contributed by atoms with Crippen molar-refractivity contribution in [3.63, 3.8) is 0 Å². The zero-order chi connectivity index (χ0) is 21.8. The summed E-state index contributed by atoms with van der Waals surface area (Å²) >= 11 is 0. The number of aliphatic imine (C=N–C) groups is 1. The van der Waals surface area contributed by atoms with Crippen LogP contribution in [0.15, 0.2) is 76.5 Å². The molecular formula is C25H16N4O2. The van der Waals surface area contributed by atoms with Crippen LogP contribution in [0.3, 0.4) is 0 Å². The molecule has 1 aromatic heterocycles. The molecule has 4 rings (SSSR count). The molecule has 1 heterocycles. The van der Waals surface area contributed by atoms with Gasteiger partial charge in [0, 0.05) is 17.0 Å². The zero-order valence-corrected chi connectivity index (χ0v) is 16.3. The number of aromatic hydroxyl groups is 1. The fourth-order valence-electron chi connectivity index (χ4n) is 3.34. The highest BCUT2D eigenvalue weighted by atomic mass is 16.3. The van der Waals surface area contributed by atoms with Crippen LogP contribution in [0.25, 0.3) is 21.9 Å². The van der Waals surface area contributed by atoms with Crippen molar-refractivity contribution < 1.29 is 5.11 Å². The van der Waals surface area contributed by atoms with Crippen LogP contribution in [0.5, 0.6) is 5.88 Å². The maximum Gasteiger partial charge on any atom is 0.258 e. The SMILES string of the molecule is N#CCc1ccc(N=Cc2c(O)[nH]c(=O)c3ccc(-c4cccc(C#N)c4)cc23)cc1. The molecule has 4 aromatic rings. The Morgan fingerprint density at radius 1 is 0.968 bits per heavy atom. The molecule has 6 heteroatoms. The molecule has 148 valence electrons. The minimum absolute atomic E-state index is 0.273. The molecule has 3 aromatic carbocycles. The number of nitrogens with zero attached hydrogens (tertiary/aromatic N) is 3. The maximum absolute atomic E-state index is 12.3. The molecule has 0 fully saturated rings. The number of benzene rings is 3. The van der Waals surface area contributed by atoms with Gasteiger partial charge in [-0.1, -0.05) is 30.3 Å². The van der Waals surface area contributed by atoms with Crippen molar-refractivity contribution in [2.24, 2.45) is 4.99 Å². The van der Waals surface area contributed by atoms with Gasteiger partial charge in [0.15, 0.2) is 0 Å². The quantitative estimate of drug-likeness (QED) is 0.484.